The summed E-state index contributed by atoms with van der Waals surface area (Å²) in [5, 5.41) is 12.5. The number of rotatable bonds is 1. The van der Waals surface area contributed by atoms with Gasteiger partial charge in [0.05, 0.1) is 0 Å². The third kappa shape index (κ3) is 2.53. The molecule has 1 aliphatic rings. The van der Waals surface area contributed by atoms with Crippen LogP contribution in [0.5, 0.6) is 0 Å². The van der Waals surface area contributed by atoms with Gasteiger partial charge in [0, 0.05) is 24.9 Å². The van der Waals surface area contributed by atoms with E-state index in [0.29, 0.717) is 11.8 Å². The molecule has 0 aliphatic carbocycles. The van der Waals surface area contributed by atoms with E-state index in [1.54, 1.807) is 0 Å². The second kappa shape index (κ2) is 3.75. The fraction of sp³-hybridized carbons (Fsp3) is 0.778. The van der Waals surface area contributed by atoms with Crippen LogP contribution in [-0.4, -0.2) is 24.3 Å². The van der Waals surface area contributed by atoms with Gasteiger partial charge in [0.1, 0.15) is 6.10 Å². The predicted molar refractivity (Wildman–Crippen MR) is 45.0 cm³/mol. The Labute approximate surface area is 68.0 Å². The molecular formula is C9H15NO. The molecule has 2 nitrogen and oxygen atoms in total. The van der Waals surface area contributed by atoms with Gasteiger partial charge in [-0.2, -0.15) is 0 Å². The van der Waals surface area contributed by atoms with Crippen molar-refractivity contribution in [1.82, 2.24) is 5.32 Å². The summed E-state index contributed by atoms with van der Waals surface area (Å²) in [4.78, 5) is 0. The summed E-state index contributed by atoms with van der Waals surface area (Å²) in [5.74, 6) is 6.54. The Balaban J connectivity index is 2.31. The van der Waals surface area contributed by atoms with Crippen molar-refractivity contribution in [3.05, 3.63) is 0 Å². The molecule has 0 bridgehead atoms. The zero-order valence-corrected chi connectivity index (χ0v) is 7.09. The van der Waals surface area contributed by atoms with E-state index in [9.17, 15) is 5.11 Å². The molecule has 0 aromatic carbocycles. The largest absolute Gasteiger partial charge is 0.380 e. The average molecular weight is 153 g/mol. The molecule has 0 radical (unpaired) electrons. The summed E-state index contributed by atoms with van der Waals surface area (Å²) >= 11 is 0. The lowest BCUT2D eigenvalue weighted by Gasteiger charge is -2.28. The summed E-state index contributed by atoms with van der Waals surface area (Å²) in [7, 11) is 0. The van der Waals surface area contributed by atoms with Crippen LogP contribution >= 0.6 is 0 Å². The molecule has 62 valence electrons. The van der Waals surface area contributed by atoms with Gasteiger partial charge in [0.2, 0.25) is 0 Å². The molecule has 0 spiro atoms. The van der Waals surface area contributed by atoms with Crippen LogP contribution in [-0.2, 0) is 0 Å². The van der Waals surface area contributed by atoms with Crippen LogP contribution in [0.4, 0.5) is 0 Å². The molecule has 0 saturated carbocycles. The van der Waals surface area contributed by atoms with Crippen molar-refractivity contribution in [1.29, 1.82) is 0 Å². The lowest BCUT2D eigenvalue weighted by molar-refractivity contribution is 0.124. The number of aliphatic hydroxyl groups is 1. The monoisotopic (exact) mass is 153 g/mol. The first-order valence-electron chi connectivity index (χ1n) is 4.10. The Bertz CT molecular complexity index is 174. The average Bonchev–Trinajstić information content (AvgIpc) is 1.79. The maximum atomic E-state index is 9.40. The SMILES string of the molecule is CC(C)C#CC(O)C1CNC1. The Morgan fingerprint density at radius 1 is 1.36 bits per heavy atom. The van der Waals surface area contributed by atoms with Gasteiger partial charge in [0.15, 0.2) is 0 Å². The van der Waals surface area contributed by atoms with E-state index >= 15 is 0 Å². The minimum atomic E-state index is -0.418. The van der Waals surface area contributed by atoms with Gasteiger partial charge in [-0.15, -0.1) is 0 Å². The molecule has 1 atom stereocenters. The molecule has 0 amide bonds. The highest BCUT2D eigenvalue weighted by Gasteiger charge is 2.23. The molecule has 1 saturated heterocycles. The molecule has 1 fully saturated rings. The molecule has 0 aromatic rings. The Kier molecular flexibility index (Phi) is 2.92. The van der Waals surface area contributed by atoms with Crippen molar-refractivity contribution in [3.8, 4) is 11.8 Å². The van der Waals surface area contributed by atoms with Crippen molar-refractivity contribution >= 4 is 0 Å². The molecule has 2 N–H and O–H groups in total. The second-order valence-electron chi connectivity index (χ2n) is 3.31. The highest BCUT2D eigenvalue weighted by atomic mass is 16.3. The van der Waals surface area contributed by atoms with Gasteiger partial charge in [-0.05, 0) is 0 Å². The molecule has 0 aromatic heterocycles. The van der Waals surface area contributed by atoms with Crippen LogP contribution in [0.3, 0.4) is 0 Å². The molecule has 1 heterocycles. The van der Waals surface area contributed by atoms with E-state index < -0.39 is 6.10 Å². The quantitative estimate of drug-likeness (QED) is 0.528. The number of nitrogens with one attached hydrogen (secondary N) is 1. The van der Waals surface area contributed by atoms with Gasteiger partial charge in [-0.1, -0.05) is 25.7 Å². The lowest BCUT2D eigenvalue weighted by atomic mass is 9.96. The maximum absolute atomic E-state index is 9.40. The third-order valence-corrected chi connectivity index (χ3v) is 1.78. The van der Waals surface area contributed by atoms with Gasteiger partial charge in [0.25, 0.3) is 0 Å². The molecule has 2 heteroatoms. The zero-order valence-electron chi connectivity index (χ0n) is 7.09. The first kappa shape index (κ1) is 8.58. The highest BCUT2D eigenvalue weighted by molar-refractivity contribution is 5.09. The standard InChI is InChI=1S/C9H15NO/c1-7(2)3-4-9(11)8-5-10-6-8/h7-11H,5-6H2,1-2H3. The Morgan fingerprint density at radius 2 is 2.00 bits per heavy atom. The molecule has 11 heavy (non-hydrogen) atoms. The Hall–Kier alpha value is -0.520. The minimum Gasteiger partial charge on any atom is -0.380 e. The van der Waals surface area contributed by atoms with Crippen molar-refractivity contribution in [2.45, 2.75) is 20.0 Å². The van der Waals surface area contributed by atoms with Crippen molar-refractivity contribution in [3.63, 3.8) is 0 Å². The summed E-state index contributed by atoms with van der Waals surface area (Å²) in [6.45, 7) is 5.87. The van der Waals surface area contributed by atoms with E-state index in [1.165, 1.54) is 0 Å². The molecule has 1 aliphatic heterocycles. The molecule has 1 unspecified atom stereocenters. The fourth-order valence-electron chi connectivity index (χ4n) is 0.904. The zero-order chi connectivity index (χ0) is 8.27. The van der Waals surface area contributed by atoms with Crippen molar-refractivity contribution in [2.75, 3.05) is 13.1 Å². The van der Waals surface area contributed by atoms with Crippen LogP contribution in [0.15, 0.2) is 0 Å². The summed E-state index contributed by atoms with van der Waals surface area (Å²) in [6, 6.07) is 0. The van der Waals surface area contributed by atoms with Crippen LogP contribution < -0.4 is 5.32 Å². The van der Waals surface area contributed by atoms with Crippen LogP contribution in [0, 0.1) is 23.7 Å². The predicted octanol–water partition coefficient (Wildman–Crippen LogP) is 0.226. The van der Waals surface area contributed by atoms with Gasteiger partial charge < -0.3 is 10.4 Å². The van der Waals surface area contributed by atoms with Gasteiger partial charge >= 0.3 is 0 Å². The van der Waals surface area contributed by atoms with E-state index in [0.717, 1.165) is 13.1 Å². The number of hydrogen-bond donors (Lipinski definition) is 2. The summed E-state index contributed by atoms with van der Waals surface area (Å²) < 4.78 is 0. The summed E-state index contributed by atoms with van der Waals surface area (Å²) in [5.41, 5.74) is 0. The van der Waals surface area contributed by atoms with Gasteiger partial charge in [-0.3, -0.25) is 0 Å². The smallest absolute Gasteiger partial charge is 0.119 e. The van der Waals surface area contributed by atoms with E-state index in [4.69, 9.17) is 0 Å². The van der Waals surface area contributed by atoms with Crippen molar-refractivity contribution < 1.29 is 5.11 Å². The fourth-order valence-corrected chi connectivity index (χ4v) is 0.904. The normalized spacial score (nSPS) is 20.4. The first-order chi connectivity index (χ1) is 5.20. The van der Waals surface area contributed by atoms with Crippen LogP contribution in [0.25, 0.3) is 0 Å². The van der Waals surface area contributed by atoms with Crippen LogP contribution in [0.2, 0.25) is 0 Å². The maximum Gasteiger partial charge on any atom is 0.119 e. The first-order valence-corrected chi connectivity index (χ1v) is 4.10. The molecular weight excluding hydrogens is 138 g/mol. The lowest BCUT2D eigenvalue weighted by Crippen LogP contribution is -2.48. The topological polar surface area (TPSA) is 32.3 Å². The number of aliphatic hydroxyl groups excluding tert-OH is 1. The van der Waals surface area contributed by atoms with Crippen LogP contribution in [0.1, 0.15) is 13.8 Å². The number of hydrogen-bond acceptors (Lipinski definition) is 2. The molecule has 1 rings (SSSR count). The van der Waals surface area contributed by atoms with E-state index in [2.05, 4.69) is 17.2 Å². The minimum absolute atomic E-state index is 0.359. The second-order valence-corrected chi connectivity index (χ2v) is 3.31. The van der Waals surface area contributed by atoms with E-state index in [-0.39, 0.29) is 0 Å². The third-order valence-electron chi connectivity index (χ3n) is 1.78. The Morgan fingerprint density at radius 3 is 2.36 bits per heavy atom. The summed E-state index contributed by atoms with van der Waals surface area (Å²) in [6.07, 6.45) is -0.418. The van der Waals surface area contributed by atoms with Gasteiger partial charge in [-0.25, -0.2) is 0 Å². The highest BCUT2D eigenvalue weighted by Crippen LogP contribution is 2.07. The van der Waals surface area contributed by atoms with Crippen molar-refractivity contribution in [2.24, 2.45) is 11.8 Å². The van der Waals surface area contributed by atoms with E-state index in [1.807, 2.05) is 13.8 Å².